The molecule has 0 N–H and O–H groups in total. The van der Waals surface area contributed by atoms with E-state index in [-0.39, 0.29) is 10.6 Å². The molecule has 0 aliphatic carbocycles. The molecule has 1 heterocycles. The molecule has 0 radical (unpaired) electrons. The van der Waals surface area contributed by atoms with Crippen LogP contribution in [0.5, 0.6) is 0 Å². The average molecular weight is 233 g/mol. The van der Waals surface area contributed by atoms with Crippen LogP contribution < -0.4 is 0 Å². The van der Waals surface area contributed by atoms with Crippen molar-refractivity contribution >= 4 is 11.6 Å². The fourth-order valence-corrected chi connectivity index (χ4v) is 1.92. The molecule has 0 spiro atoms. The summed E-state index contributed by atoms with van der Waals surface area (Å²) in [4.78, 5) is 0. The summed E-state index contributed by atoms with van der Waals surface area (Å²) in [5.41, 5.74) is 0.854. The van der Waals surface area contributed by atoms with Crippen LogP contribution in [0.1, 0.15) is 24.0 Å². The molecular weight excluding hydrogens is 222 g/mol. The Labute approximate surface area is 92.0 Å². The van der Waals surface area contributed by atoms with E-state index in [4.69, 9.17) is 16.3 Å². The van der Waals surface area contributed by atoms with Crippen LogP contribution in [0, 0.1) is 0 Å². The molecule has 0 atom stereocenters. The summed E-state index contributed by atoms with van der Waals surface area (Å²) in [5.74, 6) is -2.58. The summed E-state index contributed by atoms with van der Waals surface area (Å²) in [5, 5.41) is 0.131. The molecule has 1 aromatic carbocycles. The fourth-order valence-electron chi connectivity index (χ4n) is 1.57. The zero-order chi connectivity index (χ0) is 11.1. The Hall–Kier alpha value is -0.670. The number of alkyl halides is 2. The van der Waals surface area contributed by atoms with E-state index in [2.05, 4.69) is 0 Å². The molecule has 0 bridgehead atoms. The van der Waals surface area contributed by atoms with Crippen molar-refractivity contribution in [1.29, 1.82) is 0 Å². The lowest BCUT2D eigenvalue weighted by Gasteiger charge is -2.27. The van der Waals surface area contributed by atoms with Crippen molar-refractivity contribution in [1.82, 2.24) is 0 Å². The van der Waals surface area contributed by atoms with Gasteiger partial charge in [-0.25, -0.2) is 8.78 Å². The van der Waals surface area contributed by atoms with Crippen LogP contribution in [-0.4, -0.2) is 13.2 Å². The number of halogens is 3. The van der Waals surface area contributed by atoms with Crippen LogP contribution in [0.25, 0.3) is 0 Å². The Morgan fingerprint density at radius 2 is 2.07 bits per heavy atom. The van der Waals surface area contributed by atoms with Crippen LogP contribution in [0.4, 0.5) is 8.78 Å². The van der Waals surface area contributed by atoms with Gasteiger partial charge >= 0.3 is 0 Å². The molecular formula is C11H11ClF2O. The van der Waals surface area contributed by atoms with Gasteiger partial charge in [0.15, 0.2) is 0 Å². The highest BCUT2D eigenvalue weighted by Gasteiger charge is 2.28. The van der Waals surface area contributed by atoms with Crippen molar-refractivity contribution in [3.8, 4) is 0 Å². The Morgan fingerprint density at radius 3 is 2.47 bits per heavy atom. The highest BCUT2D eigenvalue weighted by molar-refractivity contribution is 6.31. The second-order valence-electron chi connectivity index (χ2n) is 3.86. The standard InChI is InChI=1S/C11H11ClF2O/c1-11(13,14)9-3-2-7(4-10(9)12)8-5-15-6-8/h2-4,8H,5-6H2,1H3. The Morgan fingerprint density at radius 1 is 1.40 bits per heavy atom. The lowest BCUT2D eigenvalue weighted by molar-refractivity contribution is 0.00800. The summed E-state index contributed by atoms with van der Waals surface area (Å²) in [7, 11) is 0. The van der Waals surface area contributed by atoms with Crippen molar-refractivity contribution in [3.63, 3.8) is 0 Å². The van der Waals surface area contributed by atoms with Crippen LogP contribution in [0.15, 0.2) is 18.2 Å². The van der Waals surface area contributed by atoms with Gasteiger partial charge in [0, 0.05) is 18.4 Å². The molecule has 1 fully saturated rings. The minimum Gasteiger partial charge on any atom is -0.380 e. The monoisotopic (exact) mass is 232 g/mol. The maximum absolute atomic E-state index is 13.0. The number of benzene rings is 1. The van der Waals surface area contributed by atoms with Gasteiger partial charge in [0.1, 0.15) is 0 Å². The Balaban J connectivity index is 2.30. The van der Waals surface area contributed by atoms with Crippen LogP contribution in [0.3, 0.4) is 0 Å². The maximum Gasteiger partial charge on any atom is 0.271 e. The highest BCUT2D eigenvalue weighted by Crippen LogP contribution is 2.35. The van der Waals surface area contributed by atoms with E-state index in [1.165, 1.54) is 6.07 Å². The third kappa shape index (κ3) is 2.13. The van der Waals surface area contributed by atoms with E-state index in [9.17, 15) is 8.78 Å². The topological polar surface area (TPSA) is 9.23 Å². The summed E-state index contributed by atoms with van der Waals surface area (Å²) < 4.78 is 31.1. The summed E-state index contributed by atoms with van der Waals surface area (Å²) in [6.07, 6.45) is 0. The van der Waals surface area contributed by atoms with E-state index in [0.717, 1.165) is 12.5 Å². The maximum atomic E-state index is 13.0. The van der Waals surface area contributed by atoms with Gasteiger partial charge in [0.25, 0.3) is 5.92 Å². The SMILES string of the molecule is CC(F)(F)c1ccc(C2COC2)cc1Cl. The smallest absolute Gasteiger partial charge is 0.271 e. The lowest BCUT2D eigenvalue weighted by Crippen LogP contribution is -2.25. The van der Waals surface area contributed by atoms with Crippen LogP contribution in [-0.2, 0) is 10.7 Å². The van der Waals surface area contributed by atoms with E-state index in [0.29, 0.717) is 19.1 Å². The van der Waals surface area contributed by atoms with Gasteiger partial charge in [-0.1, -0.05) is 23.7 Å². The molecule has 0 unspecified atom stereocenters. The van der Waals surface area contributed by atoms with Gasteiger partial charge in [-0.15, -0.1) is 0 Å². The van der Waals surface area contributed by atoms with E-state index < -0.39 is 5.92 Å². The third-order valence-corrected chi connectivity index (χ3v) is 2.89. The predicted octanol–water partition coefficient (Wildman–Crippen LogP) is 3.57. The summed E-state index contributed by atoms with van der Waals surface area (Å²) >= 11 is 5.82. The molecule has 1 aliphatic rings. The minimum absolute atomic E-state index is 0.117. The minimum atomic E-state index is -2.88. The van der Waals surface area contributed by atoms with Gasteiger partial charge in [-0.05, 0) is 11.6 Å². The van der Waals surface area contributed by atoms with Crippen molar-refractivity contribution in [3.05, 3.63) is 34.3 Å². The van der Waals surface area contributed by atoms with Crippen LogP contribution >= 0.6 is 11.6 Å². The molecule has 0 amide bonds. The molecule has 4 heteroatoms. The number of hydrogen-bond acceptors (Lipinski definition) is 1. The van der Waals surface area contributed by atoms with E-state index >= 15 is 0 Å². The fraction of sp³-hybridized carbons (Fsp3) is 0.455. The zero-order valence-electron chi connectivity index (χ0n) is 8.27. The first-order valence-electron chi connectivity index (χ1n) is 4.74. The second-order valence-corrected chi connectivity index (χ2v) is 4.27. The molecule has 0 saturated carbocycles. The first-order valence-corrected chi connectivity index (χ1v) is 5.12. The number of rotatable bonds is 2. The van der Waals surface area contributed by atoms with E-state index in [1.54, 1.807) is 12.1 Å². The lowest BCUT2D eigenvalue weighted by atomic mass is 9.95. The summed E-state index contributed by atoms with van der Waals surface area (Å²) in [6, 6.07) is 4.71. The third-order valence-electron chi connectivity index (χ3n) is 2.58. The average Bonchev–Trinajstić information content (AvgIpc) is 1.97. The molecule has 2 rings (SSSR count). The van der Waals surface area contributed by atoms with Crippen molar-refractivity contribution < 1.29 is 13.5 Å². The van der Waals surface area contributed by atoms with Crippen LogP contribution in [0.2, 0.25) is 5.02 Å². The molecule has 1 aromatic rings. The zero-order valence-corrected chi connectivity index (χ0v) is 9.02. The van der Waals surface area contributed by atoms with Gasteiger partial charge in [0.2, 0.25) is 0 Å². The van der Waals surface area contributed by atoms with Gasteiger partial charge < -0.3 is 4.74 Å². The van der Waals surface area contributed by atoms with Gasteiger partial charge in [-0.3, -0.25) is 0 Å². The molecule has 15 heavy (non-hydrogen) atoms. The van der Waals surface area contributed by atoms with Crippen molar-refractivity contribution in [2.75, 3.05) is 13.2 Å². The van der Waals surface area contributed by atoms with Crippen molar-refractivity contribution in [2.45, 2.75) is 18.8 Å². The van der Waals surface area contributed by atoms with Crippen molar-refractivity contribution in [2.24, 2.45) is 0 Å². The molecule has 1 saturated heterocycles. The predicted molar refractivity (Wildman–Crippen MR) is 54.6 cm³/mol. The molecule has 82 valence electrons. The highest BCUT2D eigenvalue weighted by atomic mass is 35.5. The molecule has 1 nitrogen and oxygen atoms in total. The normalized spacial score (nSPS) is 17.6. The van der Waals surface area contributed by atoms with E-state index in [1.807, 2.05) is 0 Å². The van der Waals surface area contributed by atoms with Gasteiger partial charge in [-0.2, -0.15) is 0 Å². The first kappa shape index (κ1) is 10.8. The molecule has 1 aliphatic heterocycles. The first-order chi connectivity index (χ1) is 6.98. The second kappa shape index (κ2) is 3.72. The number of hydrogen-bond donors (Lipinski definition) is 0. The number of ether oxygens (including phenoxy) is 1. The van der Waals surface area contributed by atoms with Gasteiger partial charge in [0.05, 0.1) is 18.2 Å². The molecule has 0 aromatic heterocycles. The Kier molecular flexibility index (Phi) is 2.69. The quantitative estimate of drug-likeness (QED) is 0.758. The Bertz CT molecular complexity index is 369. The largest absolute Gasteiger partial charge is 0.380 e. The summed E-state index contributed by atoms with van der Waals surface area (Å²) in [6.45, 7) is 2.15.